The maximum atomic E-state index is 12.5. The van der Waals surface area contributed by atoms with Crippen LogP contribution in [0.4, 0.5) is 13.2 Å². The molecule has 28 heavy (non-hydrogen) atoms. The lowest BCUT2D eigenvalue weighted by atomic mass is 9.80. The Kier molecular flexibility index (Phi) is 7.48. The van der Waals surface area contributed by atoms with Gasteiger partial charge in [-0.3, -0.25) is 4.79 Å². The summed E-state index contributed by atoms with van der Waals surface area (Å²) in [7, 11) is 0. The van der Waals surface area contributed by atoms with E-state index >= 15 is 0 Å². The first-order valence-electron chi connectivity index (χ1n) is 9.08. The van der Waals surface area contributed by atoms with Crippen molar-refractivity contribution in [2.45, 2.75) is 25.9 Å². The van der Waals surface area contributed by atoms with E-state index in [9.17, 15) is 18.0 Å². The Morgan fingerprint density at radius 2 is 2.00 bits per heavy atom. The summed E-state index contributed by atoms with van der Waals surface area (Å²) in [6.45, 7) is 8.43. The lowest BCUT2D eigenvalue weighted by molar-refractivity contribution is -0.192. The van der Waals surface area contributed by atoms with E-state index in [0.717, 1.165) is 58.8 Å². The summed E-state index contributed by atoms with van der Waals surface area (Å²) in [5, 5.41) is 7.12. The van der Waals surface area contributed by atoms with Crippen molar-refractivity contribution in [3.8, 4) is 0 Å². The van der Waals surface area contributed by atoms with Gasteiger partial charge in [-0.25, -0.2) is 4.79 Å². The van der Waals surface area contributed by atoms with E-state index < -0.39 is 12.1 Å². The Morgan fingerprint density at radius 3 is 2.57 bits per heavy atom. The number of piperidine rings is 1. The van der Waals surface area contributed by atoms with E-state index in [1.165, 1.54) is 6.26 Å². The van der Waals surface area contributed by atoms with Gasteiger partial charge in [-0.05, 0) is 25.5 Å². The second-order valence-electron chi connectivity index (χ2n) is 7.07. The Bertz CT molecular complexity index is 650. The third-order valence-corrected chi connectivity index (χ3v) is 4.93. The van der Waals surface area contributed by atoms with Gasteiger partial charge in [0.2, 0.25) is 0 Å². The van der Waals surface area contributed by atoms with Crippen molar-refractivity contribution in [1.82, 2.24) is 9.80 Å². The Labute approximate surface area is 161 Å². The van der Waals surface area contributed by atoms with Gasteiger partial charge in [-0.2, -0.15) is 13.2 Å². The zero-order valence-corrected chi connectivity index (χ0v) is 15.7. The molecule has 1 N–H and O–H groups in total. The van der Waals surface area contributed by atoms with Gasteiger partial charge in [-0.15, -0.1) is 0 Å². The van der Waals surface area contributed by atoms with Crippen molar-refractivity contribution >= 4 is 11.9 Å². The predicted octanol–water partition coefficient (Wildman–Crippen LogP) is 2.49. The average Bonchev–Trinajstić information content (AvgIpc) is 3.11. The number of likely N-dealkylation sites (N-methyl/N-ethyl adjacent to an activating group) is 1. The number of hydrogen-bond donors (Lipinski definition) is 1. The number of carboxylic acid groups (broad SMARTS) is 1. The minimum absolute atomic E-state index is 0.0788. The summed E-state index contributed by atoms with van der Waals surface area (Å²) < 4.78 is 42.6. The molecule has 0 radical (unpaired) electrons. The van der Waals surface area contributed by atoms with Crippen LogP contribution in [-0.4, -0.2) is 78.9 Å². The van der Waals surface area contributed by atoms with E-state index in [0.29, 0.717) is 5.56 Å². The number of nitrogens with zero attached hydrogens (tertiary/aromatic N) is 2. The molecule has 2 aliphatic rings. The SMILES string of the molecule is CCN1CCOCC2(CCCN(C(=O)c3ccoc3)C2)C1.O=C(O)C(F)(F)F. The standard InChI is InChI=1S/C16H24N2O3.C2HF3O2/c1-2-17-7-9-21-13-16(11-17)5-3-6-18(12-16)15(19)14-4-8-20-10-14;3-2(4,5)1(6)7/h4,8,10H,2-3,5-7,9,11-13H2,1H3;(H,6,7). The first-order valence-corrected chi connectivity index (χ1v) is 9.08. The smallest absolute Gasteiger partial charge is 0.475 e. The molecule has 1 atom stereocenters. The van der Waals surface area contributed by atoms with Crippen molar-refractivity contribution < 1.29 is 37.0 Å². The second kappa shape index (κ2) is 9.42. The number of halogens is 3. The van der Waals surface area contributed by atoms with E-state index in [1.54, 1.807) is 12.3 Å². The van der Waals surface area contributed by atoms with Crippen LogP contribution in [0.3, 0.4) is 0 Å². The molecule has 3 rings (SSSR count). The van der Waals surface area contributed by atoms with Crippen molar-refractivity contribution in [2.24, 2.45) is 5.41 Å². The van der Waals surface area contributed by atoms with Crippen molar-refractivity contribution in [3.05, 3.63) is 24.2 Å². The van der Waals surface area contributed by atoms with E-state index in [-0.39, 0.29) is 11.3 Å². The zero-order chi connectivity index (χ0) is 20.8. The molecule has 2 saturated heterocycles. The molecular formula is C18H25F3N2O5. The highest BCUT2D eigenvalue weighted by atomic mass is 19.4. The van der Waals surface area contributed by atoms with Crippen LogP contribution in [0.2, 0.25) is 0 Å². The Balaban J connectivity index is 0.000000345. The summed E-state index contributed by atoms with van der Waals surface area (Å²) in [5.74, 6) is -2.68. The van der Waals surface area contributed by atoms with Crippen LogP contribution >= 0.6 is 0 Å². The summed E-state index contributed by atoms with van der Waals surface area (Å²) in [4.78, 5) is 25.8. The molecule has 1 aromatic heterocycles. The molecule has 1 unspecified atom stereocenters. The van der Waals surface area contributed by atoms with Crippen molar-refractivity contribution in [3.63, 3.8) is 0 Å². The maximum Gasteiger partial charge on any atom is 0.490 e. The molecule has 1 aromatic rings. The third kappa shape index (κ3) is 5.96. The number of carboxylic acids is 1. The molecule has 7 nitrogen and oxygen atoms in total. The molecule has 158 valence electrons. The maximum absolute atomic E-state index is 12.5. The minimum atomic E-state index is -5.08. The Hall–Kier alpha value is -2.07. The van der Waals surface area contributed by atoms with Crippen LogP contribution in [-0.2, 0) is 9.53 Å². The van der Waals surface area contributed by atoms with E-state index in [1.807, 2.05) is 4.90 Å². The lowest BCUT2D eigenvalue weighted by Crippen LogP contribution is -2.52. The third-order valence-electron chi connectivity index (χ3n) is 4.93. The first-order chi connectivity index (χ1) is 13.2. The number of ether oxygens (including phenoxy) is 1. The van der Waals surface area contributed by atoms with Gasteiger partial charge in [0.1, 0.15) is 6.26 Å². The summed E-state index contributed by atoms with van der Waals surface area (Å²) >= 11 is 0. The zero-order valence-electron chi connectivity index (χ0n) is 15.7. The first kappa shape index (κ1) is 22.2. The minimum Gasteiger partial charge on any atom is -0.475 e. The number of likely N-dealkylation sites (tertiary alicyclic amines) is 1. The highest BCUT2D eigenvalue weighted by Crippen LogP contribution is 2.33. The topological polar surface area (TPSA) is 83.2 Å². The van der Waals surface area contributed by atoms with Crippen LogP contribution in [0.5, 0.6) is 0 Å². The van der Waals surface area contributed by atoms with Gasteiger partial charge in [0.15, 0.2) is 0 Å². The fourth-order valence-corrected chi connectivity index (χ4v) is 3.55. The van der Waals surface area contributed by atoms with E-state index in [2.05, 4.69) is 11.8 Å². The summed E-state index contributed by atoms with van der Waals surface area (Å²) in [5.41, 5.74) is 0.735. The molecule has 0 aliphatic carbocycles. The molecule has 0 aromatic carbocycles. The van der Waals surface area contributed by atoms with Gasteiger partial charge in [0, 0.05) is 31.6 Å². The molecule has 10 heteroatoms. The summed E-state index contributed by atoms with van der Waals surface area (Å²) in [6.07, 6.45) is 0.190. The Morgan fingerprint density at radius 1 is 1.29 bits per heavy atom. The monoisotopic (exact) mass is 406 g/mol. The molecule has 0 bridgehead atoms. The number of carbonyl (C=O) groups is 2. The highest BCUT2D eigenvalue weighted by molar-refractivity contribution is 5.93. The van der Waals surface area contributed by atoms with Gasteiger partial charge in [0.25, 0.3) is 5.91 Å². The van der Waals surface area contributed by atoms with Gasteiger partial charge < -0.3 is 24.1 Å². The molecule has 2 fully saturated rings. The van der Waals surface area contributed by atoms with E-state index in [4.69, 9.17) is 19.1 Å². The van der Waals surface area contributed by atoms with Crippen LogP contribution in [0.15, 0.2) is 23.0 Å². The van der Waals surface area contributed by atoms with Crippen LogP contribution < -0.4 is 0 Å². The molecule has 1 amide bonds. The number of amides is 1. The quantitative estimate of drug-likeness (QED) is 0.813. The average molecular weight is 406 g/mol. The number of hydrogen-bond acceptors (Lipinski definition) is 5. The van der Waals surface area contributed by atoms with Crippen LogP contribution in [0.25, 0.3) is 0 Å². The normalized spacial score (nSPS) is 23.6. The largest absolute Gasteiger partial charge is 0.490 e. The molecule has 2 aliphatic heterocycles. The van der Waals surface area contributed by atoms with Gasteiger partial charge >= 0.3 is 12.1 Å². The van der Waals surface area contributed by atoms with Crippen LogP contribution in [0, 0.1) is 5.41 Å². The van der Waals surface area contributed by atoms with Crippen molar-refractivity contribution in [1.29, 1.82) is 0 Å². The van der Waals surface area contributed by atoms with Gasteiger partial charge in [-0.1, -0.05) is 6.92 Å². The number of rotatable bonds is 2. The molecule has 0 saturated carbocycles. The number of aliphatic carboxylic acids is 1. The molecular weight excluding hydrogens is 381 g/mol. The highest BCUT2D eigenvalue weighted by Gasteiger charge is 2.40. The number of furan rings is 1. The summed E-state index contributed by atoms with van der Waals surface area (Å²) in [6, 6.07) is 1.74. The number of alkyl halides is 3. The fourth-order valence-electron chi connectivity index (χ4n) is 3.55. The van der Waals surface area contributed by atoms with Crippen molar-refractivity contribution in [2.75, 3.05) is 45.9 Å². The second-order valence-corrected chi connectivity index (χ2v) is 7.07. The van der Waals surface area contributed by atoms with Gasteiger partial charge in [0.05, 0.1) is 25.0 Å². The lowest BCUT2D eigenvalue weighted by Gasteiger charge is -2.43. The fraction of sp³-hybridized carbons (Fsp3) is 0.667. The molecule has 3 heterocycles. The molecule has 1 spiro atoms. The van der Waals surface area contributed by atoms with Crippen LogP contribution in [0.1, 0.15) is 30.1 Å². The predicted molar refractivity (Wildman–Crippen MR) is 92.9 cm³/mol. The number of carbonyl (C=O) groups excluding carboxylic acids is 1.